The lowest BCUT2D eigenvalue weighted by Gasteiger charge is -1.94. The van der Waals surface area contributed by atoms with Gasteiger partial charge in [0.05, 0.1) is 0 Å². The summed E-state index contributed by atoms with van der Waals surface area (Å²) < 4.78 is 1.01. The first-order chi connectivity index (χ1) is 4.83. The maximum atomic E-state index is 5.52. The van der Waals surface area contributed by atoms with Crippen LogP contribution in [0.25, 0.3) is 0 Å². The molecule has 54 valence electrons. The Balaban J connectivity index is 2.69. The molecule has 0 atom stereocenters. The van der Waals surface area contributed by atoms with Crippen molar-refractivity contribution in [2.45, 2.75) is 6.42 Å². The summed E-state index contributed by atoms with van der Waals surface area (Å²) in [5, 5.41) is 0. The monoisotopic (exact) mass is 219 g/mol. The molecule has 0 bridgehead atoms. The number of halogens is 2. The van der Waals surface area contributed by atoms with Gasteiger partial charge >= 0.3 is 0 Å². The maximum Gasteiger partial charge on any atom is 0.0416 e. The van der Waals surface area contributed by atoms with Crippen LogP contribution in [0.1, 0.15) is 5.69 Å². The summed E-state index contributed by atoms with van der Waals surface area (Å²) in [4.78, 5) is 4.14. The van der Waals surface area contributed by atoms with E-state index < -0.39 is 0 Å². The van der Waals surface area contributed by atoms with Crippen molar-refractivity contribution in [2.24, 2.45) is 0 Å². The van der Waals surface area contributed by atoms with Crippen LogP contribution in [0, 0.1) is 0 Å². The van der Waals surface area contributed by atoms with Gasteiger partial charge in [-0.2, -0.15) is 0 Å². The summed E-state index contributed by atoms with van der Waals surface area (Å²) in [6, 6.07) is 3.93. The Kier molecular flexibility index (Phi) is 3.16. The van der Waals surface area contributed by atoms with Crippen molar-refractivity contribution in [3.63, 3.8) is 0 Å². The molecular weight excluding hydrogens is 213 g/mol. The lowest BCUT2D eigenvalue weighted by molar-refractivity contribution is 1.04. The fraction of sp³-hybridized carbons (Fsp3) is 0.286. The van der Waals surface area contributed by atoms with Gasteiger partial charge in [0.2, 0.25) is 0 Å². The number of alkyl halides is 1. The molecule has 0 aliphatic rings. The molecule has 1 rings (SSSR count). The van der Waals surface area contributed by atoms with Crippen LogP contribution in [-0.4, -0.2) is 10.9 Å². The first-order valence-electron chi connectivity index (χ1n) is 2.99. The molecule has 10 heavy (non-hydrogen) atoms. The average molecular weight is 220 g/mol. The van der Waals surface area contributed by atoms with Crippen molar-refractivity contribution in [2.75, 3.05) is 5.88 Å². The lowest BCUT2D eigenvalue weighted by atomic mass is 10.3. The summed E-state index contributed by atoms with van der Waals surface area (Å²) in [6.45, 7) is 0. The van der Waals surface area contributed by atoms with E-state index in [1.54, 1.807) is 6.20 Å². The van der Waals surface area contributed by atoms with Crippen molar-refractivity contribution < 1.29 is 0 Å². The zero-order valence-corrected chi connectivity index (χ0v) is 7.69. The Morgan fingerprint density at radius 2 is 2.30 bits per heavy atom. The third-order valence-corrected chi connectivity index (χ3v) is 1.80. The highest BCUT2D eigenvalue weighted by Crippen LogP contribution is 2.07. The highest BCUT2D eigenvalue weighted by atomic mass is 79.9. The van der Waals surface area contributed by atoms with Crippen LogP contribution in [0.5, 0.6) is 0 Å². The second-order valence-electron chi connectivity index (χ2n) is 1.91. The Labute approximate surface area is 73.6 Å². The van der Waals surface area contributed by atoms with E-state index >= 15 is 0 Å². The summed E-state index contributed by atoms with van der Waals surface area (Å²) >= 11 is 8.83. The van der Waals surface area contributed by atoms with Crippen molar-refractivity contribution in [3.8, 4) is 0 Å². The zero-order valence-electron chi connectivity index (χ0n) is 5.35. The van der Waals surface area contributed by atoms with Crippen LogP contribution in [0.3, 0.4) is 0 Å². The van der Waals surface area contributed by atoms with Gasteiger partial charge in [0.15, 0.2) is 0 Å². The van der Waals surface area contributed by atoms with E-state index in [0.29, 0.717) is 5.88 Å². The number of aromatic nitrogens is 1. The van der Waals surface area contributed by atoms with Gasteiger partial charge in [-0.05, 0) is 28.1 Å². The van der Waals surface area contributed by atoms with Crippen LogP contribution in [-0.2, 0) is 6.42 Å². The molecule has 0 saturated heterocycles. The molecule has 0 aliphatic heterocycles. The summed E-state index contributed by atoms with van der Waals surface area (Å²) in [7, 11) is 0. The van der Waals surface area contributed by atoms with E-state index in [9.17, 15) is 0 Å². The van der Waals surface area contributed by atoms with Gasteiger partial charge < -0.3 is 0 Å². The van der Waals surface area contributed by atoms with Crippen LogP contribution in [0.4, 0.5) is 0 Å². The Morgan fingerprint density at radius 1 is 1.50 bits per heavy atom. The molecule has 3 heteroatoms. The average Bonchev–Trinajstić information content (AvgIpc) is 1.95. The van der Waals surface area contributed by atoms with Crippen molar-refractivity contribution in [3.05, 3.63) is 28.5 Å². The number of rotatable bonds is 2. The van der Waals surface area contributed by atoms with Crippen molar-refractivity contribution >= 4 is 27.5 Å². The smallest absolute Gasteiger partial charge is 0.0416 e. The minimum Gasteiger partial charge on any atom is -0.260 e. The molecule has 1 aromatic heterocycles. The van der Waals surface area contributed by atoms with E-state index in [4.69, 9.17) is 11.6 Å². The molecule has 0 saturated carbocycles. The quantitative estimate of drug-likeness (QED) is 0.698. The van der Waals surface area contributed by atoms with Gasteiger partial charge in [0.1, 0.15) is 0 Å². The predicted molar refractivity (Wildman–Crippen MR) is 46.4 cm³/mol. The Bertz CT molecular complexity index is 197. The van der Waals surface area contributed by atoms with Gasteiger partial charge in [-0.1, -0.05) is 0 Å². The first-order valence-corrected chi connectivity index (χ1v) is 4.32. The topological polar surface area (TPSA) is 12.9 Å². The molecule has 1 heterocycles. The minimum atomic E-state index is 0.634. The largest absolute Gasteiger partial charge is 0.260 e. The van der Waals surface area contributed by atoms with Crippen molar-refractivity contribution in [1.29, 1.82) is 0 Å². The normalized spacial score (nSPS) is 9.80. The molecule has 0 N–H and O–H groups in total. The molecule has 1 nitrogen and oxygen atoms in total. The molecule has 0 amide bonds. The second-order valence-corrected chi connectivity index (χ2v) is 3.20. The van der Waals surface area contributed by atoms with Gasteiger partial charge in [-0.25, -0.2) is 0 Å². The van der Waals surface area contributed by atoms with Crippen LogP contribution in [0.15, 0.2) is 22.8 Å². The molecule has 0 spiro atoms. The zero-order chi connectivity index (χ0) is 7.40. The Morgan fingerprint density at radius 3 is 2.80 bits per heavy atom. The molecule has 0 radical (unpaired) electrons. The summed E-state index contributed by atoms with van der Waals surface area (Å²) in [5.74, 6) is 0.634. The van der Waals surface area contributed by atoms with Gasteiger partial charge in [-0.3, -0.25) is 4.98 Å². The number of hydrogen-bond acceptors (Lipinski definition) is 1. The van der Waals surface area contributed by atoms with Crippen LogP contribution in [0.2, 0.25) is 0 Å². The lowest BCUT2D eigenvalue weighted by Crippen LogP contribution is -1.88. The van der Waals surface area contributed by atoms with Gasteiger partial charge in [0.25, 0.3) is 0 Å². The molecule has 0 fully saturated rings. The van der Waals surface area contributed by atoms with Gasteiger partial charge in [-0.15, -0.1) is 11.6 Å². The summed E-state index contributed by atoms with van der Waals surface area (Å²) in [5.41, 5.74) is 1.04. The first kappa shape index (κ1) is 8.02. The summed E-state index contributed by atoms with van der Waals surface area (Å²) in [6.07, 6.45) is 2.62. The fourth-order valence-corrected chi connectivity index (χ4v) is 1.08. The molecule has 0 unspecified atom stereocenters. The number of nitrogens with zero attached hydrogens (tertiary/aromatic N) is 1. The number of pyridine rings is 1. The van der Waals surface area contributed by atoms with E-state index in [1.807, 2.05) is 12.1 Å². The van der Waals surface area contributed by atoms with Gasteiger partial charge in [0, 0.05) is 28.7 Å². The fourth-order valence-electron chi connectivity index (χ4n) is 0.651. The molecular formula is C7H7BrClN. The molecule has 0 aliphatic carbocycles. The molecule has 0 aromatic carbocycles. The third-order valence-electron chi connectivity index (χ3n) is 1.14. The standard InChI is InChI=1S/C7H7BrClN/c8-6-1-2-7(3-4-9)10-5-6/h1-2,5H,3-4H2. The van der Waals surface area contributed by atoms with Crippen LogP contribution >= 0.6 is 27.5 Å². The maximum absolute atomic E-state index is 5.52. The third kappa shape index (κ3) is 2.27. The van der Waals surface area contributed by atoms with Crippen LogP contribution < -0.4 is 0 Å². The minimum absolute atomic E-state index is 0.634. The number of aryl methyl sites for hydroxylation is 1. The Hall–Kier alpha value is -0.0800. The molecule has 1 aromatic rings. The highest BCUT2D eigenvalue weighted by Gasteiger charge is 1.91. The van der Waals surface area contributed by atoms with E-state index in [1.165, 1.54) is 0 Å². The van der Waals surface area contributed by atoms with E-state index in [2.05, 4.69) is 20.9 Å². The second kappa shape index (κ2) is 3.94. The predicted octanol–water partition coefficient (Wildman–Crippen LogP) is 2.63. The number of hydrogen-bond donors (Lipinski definition) is 0. The SMILES string of the molecule is ClCCc1ccc(Br)cn1. The highest BCUT2D eigenvalue weighted by molar-refractivity contribution is 9.10. The van der Waals surface area contributed by atoms with E-state index in [0.717, 1.165) is 16.6 Å². The van der Waals surface area contributed by atoms with Crippen molar-refractivity contribution in [1.82, 2.24) is 4.98 Å². The van der Waals surface area contributed by atoms with E-state index in [-0.39, 0.29) is 0 Å².